The Balaban J connectivity index is 0.00000199. The number of pyridine rings is 1. The van der Waals surface area contributed by atoms with E-state index in [-0.39, 0.29) is 35.7 Å². The third-order valence-corrected chi connectivity index (χ3v) is 6.07. The molecule has 2 heterocycles. The van der Waals surface area contributed by atoms with E-state index in [0.29, 0.717) is 18.4 Å². The van der Waals surface area contributed by atoms with Gasteiger partial charge in [-0.3, -0.25) is 14.2 Å². The van der Waals surface area contributed by atoms with Gasteiger partial charge in [-0.15, -0.1) is 0 Å². The molecule has 1 amide bonds. The number of hydrogen-bond acceptors (Lipinski definition) is 5. The van der Waals surface area contributed by atoms with E-state index in [1.54, 1.807) is 0 Å². The summed E-state index contributed by atoms with van der Waals surface area (Å²) in [4.78, 5) is 18.1. The molecule has 13 heteroatoms. The van der Waals surface area contributed by atoms with Crippen molar-refractivity contribution in [2.45, 2.75) is 43.5 Å². The lowest BCUT2D eigenvalue weighted by Gasteiger charge is -2.29. The van der Waals surface area contributed by atoms with Gasteiger partial charge in [0.15, 0.2) is 15.9 Å². The fourth-order valence-electron chi connectivity index (χ4n) is 3.17. The lowest BCUT2D eigenvalue weighted by molar-refractivity contribution is -0.189. The number of rotatable bonds is 5. The molecule has 6 nitrogen and oxygen atoms in total. The normalized spacial score (nSPS) is 14.7. The van der Waals surface area contributed by atoms with Gasteiger partial charge in [-0.05, 0) is 36.8 Å². The molecule has 0 spiro atoms. The standard InChI is InChI=1S/C20H19F5N2O4S.CH3F/c1-11(20(23,24)25)31-17-6-4-13(32(2,29)30)9-14(17)19(28)27-8-7-15-12(10-27)3-5-16(26-15)18(21)22;1-2/h3-6,9,11,18H,7-8,10H2,1-2H3;1H3. The zero-order chi connectivity index (χ0) is 25.8. The maximum absolute atomic E-state index is 13.1. The molecule has 0 saturated heterocycles. The number of fused-ring (bicyclic) bond motifs is 1. The van der Waals surface area contributed by atoms with Crippen LogP contribution < -0.4 is 4.74 Å². The summed E-state index contributed by atoms with van der Waals surface area (Å²) < 4.78 is 103. The summed E-state index contributed by atoms with van der Waals surface area (Å²) in [7, 11) is -3.25. The van der Waals surface area contributed by atoms with Crippen molar-refractivity contribution in [2.24, 2.45) is 0 Å². The Morgan fingerprint density at radius 3 is 2.35 bits per heavy atom. The Hall–Kier alpha value is -2.83. The van der Waals surface area contributed by atoms with E-state index in [0.717, 1.165) is 37.4 Å². The van der Waals surface area contributed by atoms with Crippen LogP contribution in [0.1, 0.15) is 40.7 Å². The highest BCUT2D eigenvalue weighted by atomic mass is 32.2. The highest BCUT2D eigenvalue weighted by Gasteiger charge is 2.39. The largest absolute Gasteiger partial charge is 0.480 e. The lowest BCUT2D eigenvalue weighted by atomic mass is 10.0. The zero-order valence-electron chi connectivity index (χ0n) is 18.4. The summed E-state index contributed by atoms with van der Waals surface area (Å²) in [6, 6.07) is 5.61. The van der Waals surface area contributed by atoms with Gasteiger partial charge in [0, 0.05) is 31.5 Å². The Morgan fingerprint density at radius 1 is 1.15 bits per heavy atom. The highest BCUT2D eigenvalue weighted by molar-refractivity contribution is 7.90. The van der Waals surface area contributed by atoms with Crippen molar-refractivity contribution in [2.75, 3.05) is 20.0 Å². The fourth-order valence-corrected chi connectivity index (χ4v) is 3.81. The van der Waals surface area contributed by atoms with Crippen LogP contribution in [-0.4, -0.2) is 56.5 Å². The number of benzene rings is 1. The van der Waals surface area contributed by atoms with Gasteiger partial charge in [-0.1, -0.05) is 6.07 Å². The van der Waals surface area contributed by atoms with E-state index >= 15 is 0 Å². The minimum absolute atomic E-state index is 0.0257. The van der Waals surface area contributed by atoms with Gasteiger partial charge in [0.05, 0.1) is 17.6 Å². The number of ether oxygens (including phenoxy) is 1. The predicted octanol–water partition coefficient (Wildman–Crippen LogP) is 4.54. The topological polar surface area (TPSA) is 76.6 Å². The minimum Gasteiger partial charge on any atom is -0.480 e. The van der Waals surface area contributed by atoms with Crippen LogP contribution in [0.2, 0.25) is 0 Å². The molecule has 0 bridgehead atoms. The van der Waals surface area contributed by atoms with Crippen LogP contribution in [0, 0.1) is 0 Å². The molecule has 1 atom stereocenters. The van der Waals surface area contributed by atoms with E-state index in [9.17, 15) is 39.6 Å². The van der Waals surface area contributed by atoms with E-state index in [4.69, 9.17) is 4.74 Å². The molecule has 1 aromatic carbocycles. The van der Waals surface area contributed by atoms with Gasteiger partial charge < -0.3 is 9.64 Å². The molecule has 1 aliphatic rings. The first-order valence-corrected chi connectivity index (χ1v) is 11.7. The number of amides is 1. The number of aromatic nitrogens is 1. The van der Waals surface area contributed by atoms with Crippen LogP contribution in [0.15, 0.2) is 35.2 Å². The molecule has 0 fully saturated rings. The average molecular weight is 512 g/mol. The lowest BCUT2D eigenvalue weighted by Crippen LogP contribution is -2.37. The molecule has 34 heavy (non-hydrogen) atoms. The van der Waals surface area contributed by atoms with Crippen molar-refractivity contribution >= 4 is 15.7 Å². The second kappa shape index (κ2) is 10.6. The molecule has 1 aromatic heterocycles. The summed E-state index contributed by atoms with van der Waals surface area (Å²) in [6.07, 6.45) is -8.62. The summed E-state index contributed by atoms with van der Waals surface area (Å²) in [5, 5.41) is 0. The van der Waals surface area contributed by atoms with Gasteiger partial charge in [-0.25, -0.2) is 17.2 Å². The number of halogens is 6. The van der Waals surface area contributed by atoms with Crippen LogP contribution in [0.4, 0.5) is 26.3 Å². The van der Waals surface area contributed by atoms with Crippen LogP contribution in [0.3, 0.4) is 0 Å². The maximum atomic E-state index is 13.1. The molecule has 1 aliphatic heterocycles. The first kappa shape index (κ1) is 27.4. The number of alkyl halides is 6. The first-order chi connectivity index (χ1) is 15.8. The van der Waals surface area contributed by atoms with Crippen molar-refractivity contribution in [3.05, 3.63) is 52.8 Å². The molecule has 0 saturated carbocycles. The van der Waals surface area contributed by atoms with E-state index in [1.807, 2.05) is 0 Å². The van der Waals surface area contributed by atoms with Gasteiger partial charge in [0.1, 0.15) is 11.4 Å². The van der Waals surface area contributed by atoms with Crippen LogP contribution in [0.5, 0.6) is 5.75 Å². The van der Waals surface area contributed by atoms with Gasteiger partial charge in [0.2, 0.25) is 0 Å². The number of sulfone groups is 1. The Bertz CT molecular complexity index is 1140. The molecule has 1 unspecified atom stereocenters. The smallest absolute Gasteiger partial charge is 0.425 e. The van der Waals surface area contributed by atoms with Crippen LogP contribution >= 0.6 is 0 Å². The Morgan fingerprint density at radius 2 is 1.79 bits per heavy atom. The Kier molecular flexibility index (Phi) is 8.56. The summed E-state index contributed by atoms with van der Waals surface area (Å²) in [5.74, 6) is -1.16. The monoisotopic (exact) mass is 512 g/mol. The van der Waals surface area contributed by atoms with Gasteiger partial charge >= 0.3 is 6.18 Å². The fraction of sp³-hybridized carbons (Fsp3) is 0.429. The van der Waals surface area contributed by atoms with Crippen molar-refractivity contribution in [1.29, 1.82) is 0 Å². The number of carbonyl (C=O) groups is 1. The number of nitrogens with zero attached hydrogens (tertiary/aromatic N) is 2. The first-order valence-electron chi connectivity index (χ1n) is 9.78. The van der Waals surface area contributed by atoms with Crippen LogP contribution in [0.25, 0.3) is 0 Å². The SMILES string of the molecule is CC(Oc1ccc(S(C)(=O)=O)cc1C(=O)N1CCc2nc(C(F)F)ccc2C1)C(F)(F)F.CF. The number of hydrogen-bond donors (Lipinski definition) is 0. The van der Waals surface area contributed by atoms with Crippen molar-refractivity contribution in [3.63, 3.8) is 0 Å². The molecule has 188 valence electrons. The van der Waals surface area contributed by atoms with Crippen molar-refractivity contribution in [3.8, 4) is 5.75 Å². The van der Waals surface area contributed by atoms with Gasteiger partial charge in [0.25, 0.3) is 12.3 Å². The van der Waals surface area contributed by atoms with E-state index in [2.05, 4.69) is 4.98 Å². The molecular weight excluding hydrogens is 490 g/mol. The third kappa shape index (κ3) is 6.39. The van der Waals surface area contributed by atoms with E-state index in [1.165, 1.54) is 11.0 Å². The Labute approximate surface area is 192 Å². The molecule has 0 N–H and O–H groups in total. The highest BCUT2D eigenvalue weighted by Crippen LogP contribution is 2.31. The second-order valence-electron chi connectivity index (χ2n) is 7.35. The average Bonchev–Trinajstić information content (AvgIpc) is 2.78. The maximum Gasteiger partial charge on any atom is 0.425 e. The molecule has 0 aliphatic carbocycles. The van der Waals surface area contributed by atoms with Crippen LogP contribution in [-0.2, 0) is 22.8 Å². The third-order valence-electron chi connectivity index (χ3n) is 4.95. The summed E-state index contributed by atoms with van der Waals surface area (Å²) in [6.45, 7) is 0.799. The minimum atomic E-state index is -4.70. The molecular formula is C21H22F6N2O4S. The van der Waals surface area contributed by atoms with Gasteiger partial charge in [-0.2, -0.15) is 13.2 Å². The van der Waals surface area contributed by atoms with E-state index < -0.39 is 40.2 Å². The number of carbonyl (C=O) groups excluding carboxylic acids is 1. The zero-order valence-corrected chi connectivity index (χ0v) is 19.2. The second-order valence-corrected chi connectivity index (χ2v) is 9.37. The quantitative estimate of drug-likeness (QED) is 0.550. The predicted molar refractivity (Wildman–Crippen MR) is 110 cm³/mol. The molecule has 3 rings (SSSR count). The van der Waals surface area contributed by atoms with Crippen molar-refractivity contribution in [1.82, 2.24) is 9.88 Å². The summed E-state index contributed by atoms with van der Waals surface area (Å²) >= 11 is 0. The molecule has 0 radical (unpaired) electrons. The summed E-state index contributed by atoms with van der Waals surface area (Å²) in [5.41, 5.74) is 0.184. The molecule has 2 aromatic rings. The van der Waals surface area contributed by atoms with Crippen molar-refractivity contribution < 1.29 is 44.3 Å².